The predicted octanol–water partition coefficient (Wildman–Crippen LogP) is 4.76. The number of benzene rings is 2. The predicted molar refractivity (Wildman–Crippen MR) is 128 cm³/mol. The van der Waals surface area contributed by atoms with Gasteiger partial charge in [0.2, 0.25) is 5.91 Å². The first-order valence-corrected chi connectivity index (χ1v) is 11.7. The molecule has 0 bridgehead atoms. The molecule has 1 N–H and O–H groups in total. The van der Waals surface area contributed by atoms with Gasteiger partial charge in [0.25, 0.3) is 5.91 Å². The third kappa shape index (κ3) is 7.69. The Kier molecular flexibility index (Phi) is 10.0. The van der Waals surface area contributed by atoms with Crippen molar-refractivity contribution < 1.29 is 14.3 Å². The van der Waals surface area contributed by atoms with Crippen LogP contribution in [0, 0.1) is 0 Å². The van der Waals surface area contributed by atoms with Gasteiger partial charge in [-0.25, -0.2) is 0 Å². The molecule has 0 aliphatic rings. The van der Waals surface area contributed by atoms with E-state index in [4.69, 9.17) is 4.74 Å². The molecular formula is C25H33BrN2O3. The quantitative estimate of drug-likeness (QED) is 0.495. The van der Waals surface area contributed by atoms with E-state index in [9.17, 15) is 9.59 Å². The molecule has 0 saturated carbocycles. The molecule has 0 saturated heterocycles. The van der Waals surface area contributed by atoms with Crippen molar-refractivity contribution in [3.05, 3.63) is 64.1 Å². The van der Waals surface area contributed by atoms with Crippen molar-refractivity contribution in [3.63, 3.8) is 0 Å². The van der Waals surface area contributed by atoms with Crippen molar-refractivity contribution >= 4 is 27.7 Å². The van der Waals surface area contributed by atoms with E-state index >= 15 is 0 Å². The Morgan fingerprint density at radius 3 is 2.35 bits per heavy atom. The van der Waals surface area contributed by atoms with Crippen LogP contribution in [-0.4, -0.2) is 41.9 Å². The minimum Gasteiger partial charge on any atom is -0.483 e. The maximum atomic E-state index is 13.2. The number of nitrogens with zero attached hydrogens (tertiary/aromatic N) is 1. The summed E-state index contributed by atoms with van der Waals surface area (Å²) in [4.78, 5) is 27.6. The molecule has 2 rings (SSSR count). The number of carbonyl (C=O) groups is 2. The largest absolute Gasteiger partial charge is 0.483 e. The lowest BCUT2D eigenvalue weighted by molar-refractivity contribution is -0.142. The molecule has 5 nitrogen and oxygen atoms in total. The maximum Gasteiger partial charge on any atom is 0.261 e. The molecule has 0 fully saturated rings. The number of halogens is 1. The minimum absolute atomic E-state index is 0.0110. The summed E-state index contributed by atoms with van der Waals surface area (Å²) in [5.41, 5.74) is 2.31. The lowest BCUT2D eigenvalue weighted by Gasteiger charge is -2.31. The third-order valence-corrected chi connectivity index (χ3v) is 5.68. The first-order chi connectivity index (χ1) is 14.8. The van der Waals surface area contributed by atoms with Crippen LogP contribution in [0.3, 0.4) is 0 Å². The van der Waals surface area contributed by atoms with Gasteiger partial charge in [-0.05, 0) is 72.3 Å². The van der Waals surface area contributed by atoms with Crippen molar-refractivity contribution in [2.24, 2.45) is 0 Å². The number of hydrogen-bond acceptors (Lipinski definition) is 3. The van der Waals surface area contributed by atoms with Crippen LogP contribution in [0.5, 0.6) is 5.75 Å². The highest BCUT2D eigenvalue weighted by Gasteiger charge is 2.29. The van der Waals surface area contributed by atoms with Crippen molar-refractivity contribution in [2.45, 2.75) is 59.0 Å². The second-order valence-corrected chi connectivity index (χ2v) is 8.67. The van der Waals surface area contributed by atoms with Gasteiger partial charge in [-0.1, -0.05) is 50.2 Å². The first-order valence-electron chi connectivity index (χ1n) is 10.9. The molecule has 0 unspecified atom stereocenters. The molecule has 2 aromatic rings. The summed E-state index contributed by atoms with van der Waals surface area (Å²) in [7, 11) is 0. The summed E-state index contributed by atoms with van der Waals surface area (Å²) in [6, 6.07) is 15.3. The number of hydrogen-bond donors (Lipinski definition) is 1. The van der Waals surface area contributed by atoms with Crippen LogP contribution < -0.4 is 10.1 Å². The zero-order valence-electron chi connectivity index (χ0n) is 18.9. The van der Waals surface area contributed by atoms with Crippen LogP contribution in [0.1, 0.15) is 45.2 Å². The fourth-order valence-corrected chi connectivity index (χ4v) is 3.92. The maximum absolute atomic E-state index is 13.2. The van der Waals surface area contributed by atoms with E-state index in [0.717, 1.165) is 16.5 Å². The Labute approximate surface area is 194 Å². The van der Waals surface area contributed by atoms with E-state index in [2.05, 4.69) is 28.2 Å². The monoisotopic (exact) mass is 488 g/mol. The van der Waals surface area contributed by atoms with Crippen LogP contribution in [0.4, 0.5) is 0 Å². The second kappa shape index (κ2) is 12.5. The van der Waals surface area contributed by atoms with E-state index < -0.39 is 6.04 Å². The Balaban J connectivity index is 2.14. The molecule has 0 aliphatic heterocycles. The Bertz CT molecular complexity index is 855. The molecule has 6 heteroatoms. The number of carbonyl (C=O) groups excluding carboxylic acids is 2. The molecule has 168 valence electrons. The topological polar surface area (TPSA) is 58.6 Å². The van der Waals surface area contributed by atoms with E-state index in [0.29, 0.717) is 25.1 Å². The standard InChI is InChI=1S/C25H33BrN2O3/c1-5-19-12-13-23(21(26)16-19)31-17-24(29)28(15-14-20-10-8-7-9-11-20)22(6-2)25(30)27-18(3)4/h7-13,16,18,22H,5-6,14-15,17H2,1-4H3,(H,27,30)/t22-/m1/s1. The van der Waals surface area contributed by atoms with Crippen LogP contribution in [0.15, 0.2) is 53.0 Å². The molecule has 0 spiro atoms. The normalized spacial score (nSPS) is 11.8. The summed E-state index contributed by atoms with van der Waals surface area (Å²) < 4.78 is 6.64. The van der Waals surface area contributed by atoms with Gasteiger partial charge in [0.1, 0.15) is 11.8 Å². The van der Waals surface area contributed by atoms with Gasteiger partial charge in [-0.3, -0.25) is 9.59 Å². The van der Waals surface area contributed by atoms with Crippen molar-refractivity contribution in [2.75, 3.05) is 13.2 Å². The van der Waals surface area contributed by atoms with E-state index in [1.165, 1.54) is 5.56 Å². The fraction of sp³-hybridized carbons (Fsp3) is 0.440. The van der Waals surface area contributed by atoms with E-state index in [-0.39, 0.29) is 24.5 Å². The molecule has 0 aromatic heterocycles. The molecule has 1 atom stereocenters. The van der Waals surface area contributed by atoms with Crippen LogP contribution in [0.2, 0.25) is 0 Å². The molecule has 2 amide bonds. The fourth-order valence-electron chi connectivity index (χ4n) is 3.38. The number of rotatable bonds is 11. The van der Waals surface area contributed by atoms with Crippen LogP contribution in [-0.2, 0) is 22.4 Å². The molecule has 2 aromatic carbocycles. The summed E-state index contributed by atoms with van der Waals surface area (Å²) in [5, 5.41) is 2.94. The van der Waals surface area contributed by atoms with Crippen LogP contribution >= 0.6 is 15.9 Å². The molecule has 31 heavy (non-hydrogen) atoms. The average Bonchev–Trinajstić information content (AvgIpc) is 2.75. The Morgan fingerprint density at radius 2 is 1.77 bits per heavy atom. The number of amides is 2. The number of nitrogens with one attached hydrogen (secondary N) is 1. The first kappa shape index (κ1) is 24.9. The van der Waals surface area contributed by atoms with Crippen molar-refractivity contribution in [1.82, 2.24) is 10.2 Å². The molecular weight excluding hydrogens is 456 g/mol. The molecule has 0 aliphatic carbocycles. The Hall–Kier alpha value is -2.34. The highest BCUT2D eigenvalue weighted by Crippen LogP contribution is 2.26. The second-order valence-electron chi connectivity index (χ2n) is 7.82. The average molecular weight is 489 g/mol. The van der Waals surface area contributed by atoms with Gasteiger partial charge < -0.3 is 15.0 Å². The summed E-state index contributed by atoms with van der Waals surface area (Å²) in [5.74, 6) is 0.286. The third-order valence-electron chi connectivity index (χ3n) is 5.06. The highest BCUT2D eigenvalue weighted by atomic mass is 79.9. The van der Waals surface area contributed by atoms with Crippen LogP contribution in [0.25, 0.3) is 0 Å². The minimum atomic E-state index is -0.534. The zero-order valence-corrected chi connectivity index (χ0v) is 20.4. The molecule has 0 heterocycles. The zero-order chi connectivity index (χ0) is 22.8. The number of aryl methyl sites for hydroxylation is 1. The van der Waals surface area contributed by atoms with Gasteiger partial charge in [0, 0.05) is 12.6 Å². The van der Waals surface area contributed by atoms with Gasteiger partial charge >= 0.3 is 0 Å². The lowest BCUT2D eigenvalue weighted by atomic mass is 10.1. The van der Waals surface area contributed by atoms with Crippen molar-refractivity contribution in [3.8, 4) is 5.75 Å². The van der Waals surface area contributed by atoms with Gasteiger partial charge in [-0.2, -0.15) is 0 Å². The number of ether oxygens (including phenoxy) is 1. The molecule has 0 radical (unpaired) electrons. The Morgan fingerprint density at radius 1 is 1.06 bits per heavy atom. The lowest BCUT2D eigenvalue weighted by Crippen LogP contribution is -2.52. The van der Waals surface area contributed by atoms with Gasteiger partial charge in [0.05, 0.1) is 4.47 Å². The van der Waals surface area contributed by atoms with Gasteiger partial charge in [-0.15, -0.1) is 0 Å². The van der Waals surface area contributed by atoms with E-state index in [1.54, 1.807) is 4.90 Å². The summed E-state index contributed by atoms with van der Waals surface area (Å²) in [6.45, 7) is 8.18. The highest BCUT2D eigenvalue weighted by molar-refractivity contribution is 9.10. The SMILES string of the molecule is CCc1ccc(OCC(=O)N(CCc2ccccc2)[C@H](CC)C(=O)NC(C)C)c(Br)c1. The van der Waals surface area contributed by atoms with E-state index in [1.807, 2.05) is 69.3 Å². The smallest absolute Gasteiger partial charge is 0.261 e. The van der Waals surface area contributed by atoms with Gasteiger partial charge in [0.15, 0.2) is 6.61 Å². The summed E-state index contributed by atoms with van der Waals surface area (Å²) in [6.07, 6.45) is 2.13. The summed E-state index contributed by atoms with van der Waals surface area (Å²) >= 11 is 3.52. The van der Waals surface area contributed by atoms with Crippen molar-refractivity contribution in [1.29, 1.82) is 0 Å².